The summed E-state index contributed by atoms with van der Waals surface area (Å²) in [7, 11) is 0. The van der Waals surface area contributed by atoms with E-state index in [-0.39, 0.29) is 47.8 Å². The second-order valence-corrected chi connectivity index (χ2v) is 4.11. The number of rotatable bonds is 10. The molecule has 0 saturated heterocycles. The van der Waals surface area contributed by atoms with Crippen LogP contribution in [0.15, 0.2) is 0 Å². The van der Waals surface area contributed by atoms with E-state index in [9.17, 15) is 19.5 Å². The zero-order valence-corrected chi connectivity index (χ0v) is 12.4. The maximum atomic E-state index is 11.2. The minimum atomic E-state index is -1.18. The van der Waals surface area contributed by atoms with Gasteiger partial charge in [-0.2, -0.15) is 0 Å². The van der Waals surface area contributed by atoms with Gasteiger partial charge in [0.05, 0.1) is 32.0 Å². The van der Waals surface area contributed by atoms with Crippen molar-refractivity contribution in [2.75, 3.05) is 13.2 Å². The molecule has 9 heteroatoms. The predicted molar refractivity (Wildman–Crippen MR) is 61.3 cm³/mol. The molecule has 0 saturated carbocycles. The van der Waals surface area contributed by atoms with Gasteiger partial charge in [-0.05, 0) is 6.42 Å². The molecule has 0 heterocycles. The van der Waals surface area contributed by atoms with Crippen LogP contribution in [0, 0.1) is 5.92 Å². The Morgan fingerprint density at radius 1 is 1.00 bits per heavy atom. The summed E-state index contributed by atoms with van der Waals surface area (Å²) < 4.78 is 4.72. The van der Waals surface area contributed by atoms with E-state index in [0.29, 0.717) is 0 Å². The number of carbonyl (C=O) groups is 3. The molecule has 0 bridgehead atoms. The third-order valence-electron chi connectivity index (χ3n) is 2.27. The number of aliphatic hydroxyl groups excluding tert-OH is 2. The first-order valence-electron chi connectivity index (χ1n) is 5.73. The molecule has 0 amide bonds. The molecule has 0 aliphatic heterocycles. The number of aliphatic hydroxyl groups is 2. The van der Waals surface area contributed by atoms with Gasteiger partial charge in [-0.3, -0.25) is 14.4 Å². The number of aliphatic carboxylic acids is 2. The van der Waals surface area contributed by atoms with E-state index in [2.05, 4.69) is 0 Å². The molecule has 4 N–H and O–H groups in total. The summed E-state index contributed by atoms with van der Waals surface area (Å²) >= 11 is 0. The van der Waals surface area contributed by atoms with Crippen LogP contribution in [0.5, 0.6) is 0 Å². The number of carboxylic acids is 2. The second-order valence-electron chi connectivity index (χ2n) is 4.11. The Bertz CT molecular complexity index is 304. The number of hydrogen-bond acceptors (Lipinski definition) is 6. The Morgan fingerprint density at radius 2 is 1.50 bits per heavy atom. The smallest absolute Gasteiger partial charge is 0.308 e. The maximum absolute atomic E-state index is 11.2. The molecule has 1 unspecified atom stereocenters. The maximum Gasteiger partial charge on any atom is 0.308 e. The van der Waals surface area contributed by atoms with Crippen LogP contribution in [-0.4, -0.2) is 57.7 Å². The second kappa shape index (κ2) is 11.8. The topological polar surface area (TPSA) is 141 Å². The molecule has 0 radical (unpaired) electrons. The molecule has 20 heavy (non-hydrogen) atoms. The molecular weight excluding hydrogens is 308 g/mol. The molecule has 0 rings (SSSR count). The van der Waals surface area contributed by atoms with Gasteiger partial charge < -0.3 is 25.2 Å². The summed E-state index contributed by atoms with van der Waals surface area (Å²) in [5.74, 6) is -3.93. The Balaban J connectivity index is 0. The summed E-state index contributed by atoms with van der Waals surface area (Å²) in [6.45, 7) is -0.599. The van der Waals surface area contributed by atoms with Crippen LogP contribution in [-0.2, 0) is 40.8 Å². The van der Waals surface area contributed by atoms with Gasteiger partial charge in [-0.25, -0.2) is 0 Å². The minimum absolute atomic E-state index is 0. The SMILES string of the molecule is O=C(O)CC(COC(=O)CC(O)CCO)CC(=O)O.[Ti]. The third kappa shape index (κ3) is 12.1. The first-order valence-corrected chi connectivity index (χ1v) is 5.73. The molecule has 0 aromatic carbocycles. The molecule has 0 aromatic heterocycles. The average Bonchev–Trinajstić information content (AvgIpc) is 2.24. The van der Waals surface area contributed by atoms with Gasteiger partial charge in [-0.1, -0.05) is 0 Å². The molecule has 1 atom stereocenters. The molecule has 0 aliphatic rings. The van der Waals surface area contributed by atoms with E-state index in [1.54, 1.807) is 0 Å². The fourth-order valence-corrected chi connectivity index (χ4v) is 1.40. The fraction of sp³-hybridized carbons (Fsp3) is 0.727. The fourth-order valence-electron chi connectivity index (χ4n) is 1.40. The van der Waals surface area contributed by atoms with Crippen LogP contribution in [0.2, 0.25) is 0 Å². The number of carbonyl (C=O) groups excluding carboxylic acids is 1. The van der Waals surface area contributed by atoms with Crippen molar-refractivity contribution in [3.63, 3.8) is 0 Å². The Hall–Kier alpha value is -0.956. The summed E-state index contributed by atoms with van der Waals surface area (Å²) in [4.78, 5) is 32.2. The van der Waals surface area contributed by atoms with Crippen LogP contribution >= 0.6 is 0 Å². The van der Waals surface area contributed by atoms with Crippen LogP contribution < -0.4 is 0 Å². The van der Waals surface area contributed by atoms with Crippen molar-refractivity contribution in [1.82, 2.24) is 0 Å². The van der Waals surface area contributed by atoms with Gasteiger partial charge in [0.25, 0.3) is 0 Å². The summed E-state index contributed by atoms with van der Waals surface area (Å²) in [5.41, 5.74) is 0. The first-order chi connectivity index (χ1) is 8.85. The van der Waals surface area contributed by atoms with Crippen molar-refractivity contribution in [3.8, 4) is 0 Å². The number of hydrogen-bond donors (Lipinski definition) is 4. The van der Waals surface area contributed by atoms with Crippen molar-refractivity contribution in [2.24, 2.45) is 5.92 Å². The Kier molecular flexibility index (Phi) is 12.6. The summed E-state index contributed by atoms with van der Waals surface area (Å²) in [6, 6.07) is 0. The molecule has 114 valence electrons. The molecule has 0 spiro atoms. The summed E-state index contributed by atoms with van der Waals surface area (Å²) in [6.07, 6.45) is -2.16. The monoisotopic (exact) mass is 326 g/mol. The molecule has 0 aliphatic carbocycles. The first kappa shape index (κ1) is 21.3. The van der Waals surface area contributed by atoms with Crippen molar-refractivity contribution in [1.29, 1.82) is 0 Å². The van der Waals surface area contributed by atoms with E-state index in [0.717, 1.165) is 0 Å². The van der Waals surface area contributed by atoms with Gasteiger partial charge >= 0.3 is 17.9 Å². The largest absolute Gasteiger partial charge is 0.481 e. The standard InChI is InChI=1S/C11H18O8.Ti/c12-2-1-8(13)5-11(18)19-6-7(3-9(14)15)4-10(16)17;/h7-8,12-13H,1-6H2,(H,14,15)(H,16,17);. The van der Waals surface area contributed by atoms with Gasteiger partial charge in [0, 0.05) is 34.2 Å². The summed E-state index contributed by atoms with van der Waals surface area (Å²) in [5, 5.41) is 34.9. The van der Waals surface area contributed by atoms with Crippen molar-refractivity contribution >= 4 is 17.9 Å². The van der Waals surface area contributed by atoms with E-state index >= 15 is 0 Å². The number of esters is 1. The predicted octanol–water partition coefficient (Wildman–Crippen LogP) is -0.774. The van der Waals surface area contributed by atoms with Gasteiger partial charge in [0.2, 0.25) is 0 Å². The average molecular weight is 326 g/mol. The van der Waals surface area contributed by atoms with Gasteiger partial charge in [0.1, 0.15) is 0 Å². The zero-order chi connectivity index (χ0) is 14.8. The van der Waals surface area contributed by atoms with Crippen molar-refractivity contribution in [3.05, 3.63) is 0 Å². The van der Waals surface area contributed by atoms with Crippen LogP contribution in [0.25, 0.3) is 0 Å². The van der Waals surface area contributed by atoms with Crippen LogP contribution in [0.4, 0.5) is 0 Å². The van der Waals surface area contributed by atoms with Gasteiger partial charge in [0.15, 0.2) is 0 Å². The zero-order valence-electron chi connectivity index (χ0n) is 10.8. The van der Waals surface area contributed by atoms with Crippen molar-refractivity contribution < 1.29 is 61.3 Å². The molecule has 8 nitrogen and oxygen atoms in total. The van der Waals surface area contributed by atoms with Crippen LogP contribution in [0.1, 0.15) is 25.7 Å². The number of ether oxygens (including phenoxy) is 1. The minimum Gasteiger partial charge on any atom is -0.481 e. The van der Waals surface area contributed by atoms with Crippen molar-refractivity contribution in [2.45, 2.75) is 31.8 Å². The van der Waals surface area contributed by atoms with E-state index < -0.39 is 42.8 Å². The van der Waals surface area contributed by atoms with E-state index in [1.807, 2.05) is 0 Å². The van der Waals surface area contributed by atoms with Gasteiger partial charge in [-0.15, -0.1) is 0 Å². The number of carboxylic acid groups (broad SMARTS) is 2. The quantitative estimate of drug-likeness (QED) is 0.303. The van der Waals surface area contributed by atoms with E-state index in [1.165, 1.54) is 0 Å². The molecule has 0 aromatic rings. The van der Waals surface area contributed by atoms with Crippen LogP contribution in [0.3, 0.4) is 0 Å². The third-order valence-corrected chi connectivity index (χ3v) is 2.27. The molecular formula is C11H18O8Ti. The Morgan fingerprint density at radius 3 is 1.90 bits per heavy atom. The van der Waals surface area contributed by atoms with E-state index in [4.69, 9.17) is 20.1 Å². The molecule has 0 fully saturated rings. The Labute approximate surface area is 130 Å². The normalized spacial score (nSPS) is 11.6.